The number of aryl methyl sites for hydroxylation is 1. The van der Waals surface area contributed by atoms with Gasteiger partial charge in [0.25, 0.3) is 0 Å². The number of carbonyl (C=O) groups excluding carboxylic acids is 1. The SMILES string of the molecule is Cc1ccc(CNC(=O)CSc2ccc(N3CCCCC3)nn2)cc1. The van der Waals surface area contributed by atoms with Crippen molar-refractivity contribution in [3.8, 4) is 0 Å². The van der Waals surface area contributed by atoms with Gasteiger partial charge in [0, 0.05) is 19.6 Å². The van der Waals surface area contributed by atoms with Gasteiger partial charge in [-0.1, -0.05) is 41.6 Å². The lowest BCUT2D eigenvalue weighted by Gasteiger charge is -2.27. The average Bonchev–Trinajstić information content (AvgIpc) is 2.67. The normalized spacial score (nSPS) is 14.4. The molecule has 0 saturated carbocycles. The van der Waals surface area contributed by atoms with Gasteiger partial charge < -0.3 is 10.2 Å². The van der Waals surface area contributed by atoms with Gasteiger partial charge in [0.2, 0.25) is 5.91 Å². The molecule has 0 unspecified atom stereocenters. The summed E-state index contributed by atoms with van der Waals surface area (Å²) in [6.45, 7) is 4.72. The number of hydrogen-bond donors (Lipinski definition) is 1. The lowest BCUT2D eigenvalue weighted by Crippen LogP contribution is -2.30. The van der Waals surface area contributed by atoms with Crippen molar-refractivity contribution in [1.29, 1.82) is 0 Å². The Kier molecular flexibility index (Phi) is 6.28. The van der Waals surface area contributed by atoms with Gasteiger partial charge in [0.1, 0.15) is 5.03 Å². The summed E-state index contributed by atoms with van der Waals surface area (Å²) < 4.78 is 0. The summed E-state index contributed by atoms with van der Waals surface area (Å²) in [5, 5.41) is 12.3. The topological polar surface area (TPSA) is 58.1 Å². The number of anilines is 1. The number of nitrogens with one attached hydrogen (secondary N) is 1. The maximum absolute atomic E-state index is 12.0. The second-order valence-electron chi connectivity index (χ2n) is 6.33. The first-order chi connectivity index (χ1) is 12.2. The van der Waals surface area contributed by atoms with Gasteiger partial charge >= 0.3 is 0 Å². The van der Waals surface area contributed by atoms with Crippen LogP contribution in [0.15, 0.2) is 41.4 Å². The standard InChI is InChI=1S/C19H24N4OS/c1-15-5-7-16(8-6-15)13-20-18(24)14-25-19-10-9-17(21-22-19)23-11-3-2-4-12-23/h5-10H,2-4,11-14H2,1H3,(H,20,24). The molecule has 1 amide bonds. The van der Waals surface area contributed by atoms with Gasteiger partial charge in [-0.2, -0.15) is 0 Å². The summed E-state index contributed by atoms with van der Waals surface area (Å²) in [6, 6.07) is 12.1. The molecule has 3 rings (SSSR count). The number of rotatable bonds is 6. The summed E-state index contributed by atoms with van der Waals surface area (Å²) in [4.78, 5) is 14.3. The molecule has 2 heterocycles. The second kappa shape index (κ2) is 8.85. The third kappa shape index (κ3) is 5.46. The van der Waals surface area contributed by atoms with Crippen LogP contribution in [0.2, 0.25) is 0 Å². The molecule has 1 aromatic carbocycles. The van der Waals surface area contributed by atoms with E-state index in [-0.39, 0.29) is 5.91 Å². The van der Waals surface area contributed by atoms with Crippen molar-refractivity contribution in [2.24, 2.45) is 0 Å². The van der Waals surface area contributed by atoms with Crippen molar-refractivity contribution in [2.75, 3.05) is 23.7 Å². The molecule has 1 aliphatic rings. The average molecular weight is 356 g/mol. The molecule has 1 N–H and O–H groups in total. The van der Waals surface area contributed by atoms with Crippen LogP contribution >= 0.6 is 11.8 Å². The fraction of sp³-hybridized carbons (Fsp3) is 0.421. The summed E-state index contributed by atoms with van der Waals surface area (Å²) in [7, 11) is 0. The Balaban J connectivity index is 1.43. The van der Waals surface area contributed by atoms with Gasteiger partial charge in [-0.3, -0.25) is 4.79 Å². The van der Waals surface area contributed by atoms with E-state index >= 15 is 0 Å². The van der Waals surface area contributed by atoms with E-state index in [0.717, 1.165) is 29.5 Å². The maximum atomic E-state index is 12.0. The quantitative estimate of drug-likeness (QED) is 0.806. The minimum Gasteiger partial charge on any atom is -0.355 e. The van der Waals surface area contributed by atoms with Crippen LogP contribution in [0.4, 0.5) is 5.82 Å². The number of amides is 1. The van der Waals surface area contributed by atoms with Gasteiger partial charge in [0.15, 0.2) is 5.82 Å². The van der Waals surface area contributed by atoms with Crippen LogP contribution in [-0.4, -0.2) is 34.9 Å². The van der Waals surface area contributed by atoms with Crippen LogP contribution in [0.25, 0.3) is 0 Å². The Morgan fingerprint density at radius 1 is 1.08 bits per heavy atom. The van der Waals surface area contributed by atoms with Gasteiger partial charge in [-0.25, -0.2) is 0 Å². The van der Waals surface area contributed by atoms with E-state index in [9.17, 15) is 4.79 Å². The van der Waals surface area contributed by atoms with Crippen LogP contribution in [0.1, 0.15) is 30.4 Å². The summed E-state index contributed by atoms with van der Waals surface area (Å²) in [6.07, 6.45) is 3.74. The highest BCUT2D eigenvalue weighted by molar-refractivity contribution is 7.99. The predicted octanol–water partition coefficient (Wildman–Crippen LogP) is 3.18. The van der Waals surface area contributed by atoms with Crippen molar-refractivity contribution >= 4 is 23.5 Å². The molecule has 132 valence electrons. The fourth-order valence-corrected chi connectivity index (χ4v) is 3.42. The molecule has 5 nitrogen and oxygen atoms in total. The molecule has 6 heteroatoms. The first-order valence-electron chi connectivity index (χ1n) is 8.74. The molecule has 1 aliphatic heterocycles. The summed E-state index contributed by atoms with van der Waals surface area (Å²) >= 11 is 1.42. The van der Waals surface area contributed by atoms with E-state index in [0.29, 0.717) is 12.3 Å². The molecule has 1 saturated heterocycles. The molecule has 0 radical (unpaired) electrons. The molecule has 25 heavy (non-hydrogen) atoms. The Morgan fingerprint density at radius 3 is 2.52 bits per heavy atom. The lowest BCUT2D eigenvalue weighted by atomic mass is 10.1. The fourth-order valence-electron chi connectivity index (χ4n) is 2.78. The molecule has 1 aromatic heterocycles. The number of carbonyl (C=O) groups is 1. The number of hydrogen-bond acceptors (Lipinski definition) is 5. The van der Waals surface area contributed by atoms with Gasteiger partial charge in [-0.15, -0.1) is 10.2 Å². The lowest BCUT2D eigenvalue weighted by molar-refractivity contribution is -0.118. The monoisotopic (exact) mass is 356 g/mol. The first-order valence-corrected chi connectivity index (χ1v) is 9.73. The van der Waals surface area contributed by atoms with Crippen molar-refractivity contribution in [1.82, 2.24) is 15.5 Å². The third-order valence-electron chi connectivity index (χ3n) is 4.27. The summed E-state index contributed by atoms with van der Waals surface area (Å²) in [5.41, 5.74) is 2.33. The van der Waals surface area contributed by atoms with E-state index in [4.69, 9.17) is 0 Å². The smallest absolute Gasteiger partial charge is 0.230 e. The van der Waals surface area contributed by atoms with Crippen LogP contribution in [0.5, 0.6) is 0 Å². The molecule has 0 atom stereocenters. The Labute approximate surface area is 153 Å². The summed E-state index contributed by atoms with van der Waals surface area (Å²) in [5.74, 6) is 1.30. The highest BCUT2D eigenvalue weighted by Gasteiger charge is 2.12. The Hall–Kier alpha value is -2.08. The van der Waals surface area contributed by atoms with E-state index < -0.39 is 0 Å². The van der Waals surface area contributed by atoms with Crippen molar-refractivity contribution in [3.63, 3.8) is 0 Å². The van der Waals surface area contributed by atoms with E-state index in [2.05, 4.69) is 39.5 Å². The van der Waals surface area contributed by atoms with Crippen molar-refractivity contribution < 1.29 is 4.79 Å². The zero-order valence-corrected chi connectivity index (χ0v) is 15.4. The van der Waals surface area contributed by atoms with Crippen molar-refractivity contribution in [3.05, 3.63) is 47.5 Å². The van der Waals surface area contributed by atoms with E-state index in [1.165, 1.54) is 36.6 Å². The second-order valence-corrected chi connectivity index (χ2v) is 7.32. The molecule has 0 bridgehead atoms. The van der Waals surface area contributed by atoms with E-state index in [1.807, 2.05) is 24.3 Å². The number of aromatic nitrogens is 2. The minimum atomic E-state index is 0.00693. The maximum Gasteiger partial charge on any atom is 0.230 e. The Bertz CT molecular complexity index is 682. The zero-order chi connectivity index (χ0) is 17.5. The minimum absolute atomic E-state index is 0.00693. The van der Waals surface area contributed by atoms with Gasteiger partial charge in [0.05, 0.1) is 5.75 Å². The zero-order valence-electron chi connectivity index (χ0n) is 14.6. The number of benzene rings is 1. The van der Waals surface area contributed by atoms with E-state index in [1.54, 1.807) is 0 Å². The molecule has 2 aromatic rings. The molecule has 1 fully saturated rings. The van der Waals surface area contributed by atoms with Crippen LogP contribution in [0, 0.1) is 6.92 Å². The number of piperidine rings is 1. The molecule has 0 spiro atoms. The largest absolute Gasteiger partial charge is 0.355 e. The van der Waals surface area contributed by atoms with Crippen LogP contribution in [0.3, 0.4) is 0 Å². The van der Waals surface area contributed by atoms with Crippen LogP contribution in [-0.2, 0) is 11.3 Å². The third-order valence-corrected chi connectivity index (χ3v) is 5.19. The molecule has 0 aliphatic carbocycles. The Morgan fingerprint density at radius 2 is 1.84 bits per heavy atom. The van der Waals surface area contributed by atoms with Crippen LogP contribution < -0.4 is 10.2 Å². The number of thioether (sulfide) groups is 1. The number of nitrogens with zero attached hydrogens (tertiary/aromatic N) is 3. The van der Waals surface area contributed by atoms with Gasteiger partial charge in [-0.05, 0) is 43.9 Å². The first kappa shape index (κ1) is 17.7. The highest BCUT2D eigenvalue weighted by Crippen LogP contribution is 2.20. The van der Waals surface area contributed by atoms with Crippen molar-refractivity contribution in [2.45, 2.75) is 37.8 Å². The highest BCUT2D eigenvalue weighted by atomic mass is 32.2. The molecular formula is C19H24N4OS. The predicted molar refractivity (Wildman–Crippen MR) is 102 cm³/mol. The molecular weight excluding hydrogens is 332 g/mol.